The molecule has 61 heavy (non-hydrogen) atoms. The number of alkyl halides is 1. The second kappa shape index (κ2) is 16.0. The molecule has 0 saturated heterocycles. The van der Waals surface area contributed by atoms with Gasteiger partial charge in [0, 0.05) is 52.4 Å². The number of ketones is 2. The van der Waals surface area contributed by atoms with Gasteiger partial charge in [0.05, 0.1) is 6.04 Å². The molecule has 1 heterocycles. The fourth-order valence-electron chi connectivity index (χ4n) is 9.41. The van der Waals surface area contributed by atoms with Crippen LogP contribution in [-0.2, 0) is 28.8 Å². The van der Waals surface area contributed by atoms with Gasteiger partial charge in [0.1, 0.15) is 23.7 Å². The third kappa shape index (κ3) is 7.51. The van der Waals surface area contributed by atoms with E-state index in [2.05, 4.69) is 25.9 Å². The summed E-state index contributed by atoms with van der Waals surface area (Å²) in [6, 6.07) is 14.6. The van der Waals surface area contributed by atoms with Gasteiger partial charge in [-0.3, -0.25) is 19.3 Å². The van der Waals surface area contributed by atoms with Crippen molar-refractivity contribution < 1.29 is 38.3 Å². The molecular formula is C48H60ClN3O8Si. The lowest BCUT2D eigenvalue weighted by Crippen LogP contribution is -2.65. The summed E-state index contributed by atoms with van der Waals surface area (Å²) in [5.74, 6) is -1.88. The summed E-state index contributed by atoms with van der Waals surface area (Å²) in [5, 5.41) is 30.2. The van der Waals surface area contributed by atoms with Gasteiger partial charge >= 0.3 is 0 Å². The van der Waals surface area contributed by atoms with Crippen molar-refractivity contribution in [2.45, 2.75) is 111 Å². The lowest BCUT2D eigenvalue weighted by molar-refractivity contribution is -0.140. The van der Waals surface area contributed by atoms with Crippen molar-refractivity contribution in [3.8, 4) is 11.6 Å². The highest BCUT2D eigenvalue weighted by atomic mass is 35.5. The van der Waals surface area contributed by atoms with E-state index in [4.69, 9.17) is 25.3 Å². The predicted molar refractivity (Wildman–Crippen MR) is 239 cm³/mol. The number of phenols is 1. The number of carbonyl (C=O) groups is 3. The Morgan fingerprint density at radius 1 is 1.00 bits per heavy atom. The van der Waals surface area contributed by atoms with E-state index in [9.17, 15) is 15.0 Å². The highest BCUT2D eigenvalue weighted by Gasteiger charge is 2.67. The van der Waals surface area contributed by atoms with Crippen molar-refractivity contribution >= 4 is 48.2 Å². The van der Waals surface area contributed by atoms with E-state index >= 15 is 9.59 Å². The number of phenolic OH excluding ortho intramolecular Hbond substituents is 1. The maximum absolute atomic E-state index is 15.6. The number of hydrogen-bond donors (Lipinski definition) is 2. The van der Waals surface area contributed by atoms with E-state index in [0.717, 1.165) is 11.1 Å². The molecule has 11 nitrogen and oxygen atoms in total. The molecule has 1 aromatic heterocycles. The number of aliphatic hydroxyl groups is 1. The maximum atomic E-state index is 15.6. The van der Waals surface area contributed by atoms with E-state index in [0.29, 0.717) is 58.6 Å². The monoisotopic (exact) mass is 869 g/mol. The number of halogens is 1. The molecular weight excluding hydrogens is 810 g/mol. The first kappa shape index (κ1) is 44.6. The maximum Gasteiger partial charge on any atom is 0.265 e. The fourth-order valence-corrected chi connectivity index (χ4v) is 11.0. The largest absolute Gasteiger partial charge is 0.508 e. The highest BCUT2D eigenvalue weighted by molar-refractivity contribution is 6.74. The van der Waals surface area contributed by atoms with E-state index < -0.39 is 54.5 Å². The minimum absolute atomic E-state index is 0.000984. The lowest BCUT2D eigenvalue weighted by Gasteiger charge is -2.55. The number of Topliss-reactive ketones (excluding diaryl/α,β-unsaturated/α-hetero) is 2. The number of hydrogen-bond acceptors (Lipinski definition) is 10. The summed E-state index contributed by atoms with van der Waals surface area (Å²) >= 11 is 6.05. The van der Waals surface area contributed by atoms with Crippen LogP contribution in [0.2, 0.25) is 18.1 Å². The first-order valence-corrected chi connectivity index (χ1v) is 24.7. The number of benzene rings is 3. The lowest BCUT2D eigenvalue weighted by atomic mass is 9.58. The summed E-state index contributed by atoms with van der Waals surface area (Å²) in [4.78, 5) is 48.1. The van der Waals surface area contributed by atoms with Crippen LogP contribution in [0.25, 0.3) is 10.8 Å². The Balaban J connectivity index is 1.39. The molecule has 2 N–H and O–H groups in total. The molecule has 3 aliphatic carbocycles. The predicted octanol–water partition coefficient (Wildman–Crippen LogP) is 9.87. The van der Waals surface area contributed by atoms with E-state index in [1.165, 1.54) is 0 Å². The molecule has 0 bridgehead atoms. The van der Waals surface area contributed by atoms with Crippen LogP contribution in [-0.4, -0.2) is 83.1 Å². The highest BCUT2D eigenvalue weighted by Crippen LogP contribution is 2.60. The Bertz CT molecular complexity index is 2430. The zero-order valence-electron chi connectivity index (χ0n) is 37.4. The standard InChI is InChI=1S/C48H60ClN3O8Si/c1-27-32-22-29(25-52(21-15-20-49)45(57)46(2,3)4)18-19-31(32)39(53)33-23-30-24-34-38(51(8)9)41-37(44(50-59-41)58-26-28-16-13-12-14-17-28)43(56)48(34,60-61(10,11)47(5,6)7)42(55)36(30)40(54)35(27)33/h12-14,16-19,22,30,34,38,53,55H,15,20-21,23-26H2,1-11H3/t30-,34-,38-,48-/m0/s1. The van der Waals surface area contributed by atoms with Crippen LogP contribution in [0.3, 0.4) is 0 Å². The summed E-state index contributed by atoms with van der Waals surface area (Å²) in [6.45, 7) is 18.7. The number of aromatic nitrogens is 1. The minimum atomic E-state index is -2.91. The molecule has 7 rings (SSSR count). The van der Waals surface area contributed by atoms with Gasteiger partial charge in [0.25, 0.3) is 5.88 Å². The van der Waals surface area contributed by atoms with Crippen LogP contribution in [0.1, 0.15) is 109 Å². The zero-order chi connectivity index (χ0) is 44.6. The van der Waals surface area contributed by atoms with Crippen LogP contribution in [0.15, 0.2) is 64.4 Å². The van der Waals surface area contributed by atoms with Crippen molar-refractivity contribution in [1.82, 2.24) is 15.0 Å². The molecule has 4 aromatic rings. The molecule has 3 aromatic carbocycles. The molecule has 0 saturated carbocycles. The molecule has 13 heteroatoms. The molecule has 0 fully saturated rings. The van der Waals surface area contributed by atoms with Gasteiger partial charge in [-0.25, -0.2) is 0 Å². The van der Waals surface area contributed by atoms with Crippen molar-refractivity contribution in [2.75, 3.05) is 26.5 Å². The van der Waals surface area contributed by atoms with Gasteiger partial charge in [-0.15, -0.1) is 11.6 Å². The van der Waals surface area contributed by atoms with Crippen LogP contribution in [0.5, 0.6) is 11.6 Å². The number of rotatable bonds is 11. The average molecular weight is 871 g/mol. The summed E-state index contributed by atoms with van der Waals surface area (Å²) < 4.78 is 19.5. The van der Waals surface area contributed by atoms with Gasteiger partial charge in [-0.05, 0) is 97.6 Å². The van der Waals surface area contributed by atoms with Crippen molar-refractivity contribution in [1.29, 1.82) is 0 Å². The Morgan fingerprint density at radius 2 is 1.69 bits per heavy atom. The SMILES string of the molecule is Cc1c2c(c(O)c3ccc(CN(CCCCl)C(=O)C(C)(C)C)cc13)C[C@H]1C[C@H]3[C@H](N(C)C)c4onc(OCc5ccccc5)c4C(=O)[C@@]3(O[Si](C)(C)C(C)(C)C)C(O)=C1C2=O. The van der Waals surface area contributed by atoms with Crippen LogP contribution >= 0.6 is 11.6 Å². The number of fused-ring (bicyclic) bond motifs is 5. The van der Waals surface area contributed by atoms with Crippen molar-refractivity contribution in [2.24, 2.45) is 17.3 Å². The number of aliphatic hydroxyl groups excluding tert-OH is 1. The quantitative estimate of drug-likeness (QED) is 0.111. The number of ether oxygens (including phenoxy) is 1. The summed E-state index contributed by atoms with van der Waals surface area (Å²) in [6.07, 6.45) is 1.18. The molecule has 0 spiro atoms. The van der Waals surface area contributed by atoms with E-state index in [1.54, 1.807) is 4.90 Å². The Morgan fingerprint density at radius 3 is 2.31 bits per heavy atom. The number of nitrogens with zero attached hydrogens (tertiary/aromatic N) is 3. The first-order valence-electron chi connectivity index (χ1n) is 21.2. The zero-order valence-corrected chi connectivity index (χ0v) is 39.1. The number of allylic oxidation sites excluding steroid dienone is 1. The minimum Gasteiger partial charge on any atom is -0.508 e. The fraction of sp³-hybridized carbons (Fsp3) is 0.500. The summed E-state index contributed by atoms with van der Waals surface area (Å²) in [7, 11) is 0.859. The van der Waals surface area contributed by atoms with Gasteiger partial charge in [-0.1, -0.05) is 84.0 Å². The Hall–Kier alpha value is -4.49. The third-order valence-electron chi connectivity index (χ3n) is 13.5. The van der Waals surface area contributed by atoms with E-state index in [1.807, 2.05) is 108 Å². The van der Waals surface area contributed by atoms with E-state index in [-0.39, 0.29) is 53.2 Å². The van der Waals surface area contributed by atoms with Crippen LogP contribution in [0.4, 0.5) is 0 Å². The molecule has 3 aliphatic rings. The number of aryl methyl sites for hydroxylation is 1. The van der Waals surface area contributed by atoms with Gasteiger partial charge in [0.2, 0.25) is 11.7 Å². The Labute approximate surface area is 365 Å². The second-order valence-corrected chi connectivity index (χ2v) is 25.0. The topological polar surface area (TPSA) is 143 Å². The molecule has 326 valence electrons. The normalized spacial score (nSPS) is 21.6. The third-order valence-corrected chi connectivity index (χ3v) is 18.2. The average Bonchev–Trinajstić information content (AvgIpc) is 3.61. The smallest absolute Gasteiger partial charge is 0.265 e. The van der Waals surface area contributed by atoms with Crippen molar-refractivity contribution in [3.05, 3.63) is 99.0 Å². The molecule has 1 amide bonds. The summed E-state index contributed by atoms with van der Waals surface area (Å²) in [5.41, 5.74) is 0.815. The number of amides is 1. The van der Waals surface area contributed by atoms with Crippen molar-refractivity contribution in [3.63, 3.8) is 0 Å². The second-order valence-electron chi connectivity index (χ2n) is 19.9. The van der Waals surface area contributed by atoms with Crippen LogP contribution in [0, 0.1) is 24.2 Å². The molecule has 0 aliphatic heterocycles. The Kier molecular flexibility index (Phi) is 11.7. The van der Waals surface area contributed by atoms with Gasteiger partial charge < -0.3 is 28.8 Å². The molecule has 0 radical (unpaired) electrons. The number of aromatic hydroxyl groups is 1. The van der Waals surface area contributed by atoms with Gasteiger partial charge in [0.15, 0.2) is 25.5 Å². The molecule has 0 unspecified atom stereocenters. The first-order chi connectivity index (χ1) is 28.5. The number of carbonyl (C=O) groups excluding carboxylic acids is 3. The van der Waals surface area contributed by atoms with Gasteiger partial charge in [-0.2, -0.15) is 0 Å². The molecule has 4 atom stereocenters. The van der Waals surface area contributed by atoms with Crippen LogP contribution < -0.4 is 4.74 Å².